The molecule has 0 saturated heterocycles. The minimum Gasteiger partial charge on any atom is -0.438 e. The molecule has 0 bridgehead atoms. The lowest BCUT2D eigenvalue weighted by Gasteiger charge is -2.35. The molecule has 0 aliphatic rings. The largest absolute Gasteiger partial charge is 0.490 e. The van der Waals surface area contributed by atoms with Crippen molar-refractivity contribution in [2.24, 2.45) is 0 Å². The van der Waals surface area contributed by atoms with Crippen molar-refractivity contribution in [3.8, 4) is 0 Å². The van der Waals surface area contributed by atoms with E-state index in [1.165, 1.54) is 36.4 Å². The van der Waals surface area contributed by atoms with Gasteiger partial charge in [0, 0.05) is 16.7 Å². The van der Waals surface area contributed by atoms with E-state index in [-0.39, 0.29) is 16.7 Å². The summed E-state index contributed by atoms with van der Waals surface area (Å²) in [6.07, 6.45) is -5.26. The van der Waals surface area contributed by atoms with E-state index in [1.807, 2.05) is 0 Å². The lowest BCUT2D eigenvalue weighted by atomic mass is 9.80. The van der Waals surface area contributed by atoms with Crippen molar-refractivity contribution in [2.75, 3.05) is 0 Å². The molecule has 0 fully saturated rings. The van der Waals surface area contributed by atoms with Crippen LogP contribution in [0.15, 0.2) is 78.9 Å². The molecule has 0 saturated carbocycles. The van der Waals surface area contributed by atoms with Crippen LogP contribution in [0.4, 0.5) is 22.0 Å². The van der Waals surface area contributed by atoms with Gasteiger partial charge in [0.2, 0.25) is 0 Å². The van der Waals surface area contributed by atoms with Crippen molar-refractivity contribution >= 4 is 5.97 Å². The first-order valence-corrected chi connectivity index (χ1v) is 8.11. The molecule has 0 amide bonds. The third kappa shape index (κ3) is 3.74. The molecule has 0 heterocycles. The fourth-order valence-corrected chi connectivity index (χ4v) is 2.92. The Balaban J connectivity index is 2.32. The first kappa shape index (κ1) is 19.5. The van der Waals surface area contributed by atoms with Crippen molar-refractivity contribution in [2.45, 2.75) is 11.8 Å². The molecule has 28 heavy (non-hydrogen) atoms. The van der Waals surface area contributed by atoms with Crippen LogP contribution in [-0.4, -0.2) is 12.1 Å². The second kappa shape index (κ2) is 7.42. The van der Waals surface area contributed by atoms with Crippen LogP contribution in [0, 0.1) is 11.6 Å². The average molecular weight is 392 g/mol. The third-order valence-corrected chi connectivity index (χ3v) is 4.16. The number of ether oxygens (including phenoxy) is 1. The second-order valence-electron chi connectivity index (χ2n) is 5.95. The predicted molar refractivity (Wildman–Crippen MR) is 91.3 cm³/mol. The summed E-state index contributed by atoms with van der Waals surface area (Å²) in [5.74, 6) is -3.66. The Morgan fingerprint density at radius 1 is 0.643 bits per heavy atom. The summed E-state index contributed by atoms with van der Waals surface area (Å²) in [7, 11) is 0. The van der Waals surface area contributed by atoms with Gasteiger partial charge in [-0.25, -0.2) is 13.6 Å². The van der Waals surface area contributed by atoms with Gasteiger partial charge in [-0.3, -0.25) is 0 Å². The van der Waals surface area contributed by atoms with Gasteiger partial charge < -0.3 is 4.74 Å². The second-order valence-corrected chi connectivity index (χ2v) is 5.95. The van der Waals surface area contributed by atoms with E-state index in [1.54, 1.807) is 18.2 Å². The first-order chi connectivity index (χ1) is 13.2. The zero-order chi connectivity index (χ0) is 20.4. The smallest absolute Gasteiger partial charge is 0.438 e. The Hall–Kier alpha value is -3.22. The predicted octanol–water partition coefficient (Wildman–Crippen LogP) is 5.36. The highest BCUT2D eigenvalue weighted by atomic mass is 19.4. The van der Waals surface area contributed by atoms with Crippen LogP contribution >= 0.6 is 0 Å². The Labute approximate surface area is 157 Å². The Bertz CT molecular complexity index is 903. The minimum atomic E-state index is -5.26. The van der Waals surface area contributed by atoms with Gasteiger partial charge in [0.05, 0.1) is 0 Å². The summed E-state index contributed by atoms with van der Waals surface area (Å²) >= 11 is 0. The van der Waals surface area contributed by atoms with Crippen molar-refractivity contribution in [3.05, 3.63) is 107 Å². The van der Waals surface area contributed by atoms with Crippen LogP contribution in [0.25, 0.3) is 0 Å². The quantitative estimate of drug-likeness (QED) is 0.339. The molecule has 0 aliphatic carbocycles. The maximum Gasteiger partial charge on any atom is 0.490 e. The lowest BCUT2D eigenvalue weighted by Crippen LogP contribution is -2.40. The molecule has 3 rings (SSSR count). The standard InChI is InChI=1S/C21H13F5O2/c22-17-10-6-15(7-11-17)20(14-4-2-1-3-5-14,28-19(27)21(24,25)26)16-8-12-18(23)13-9-16/h1-13H. The van der Waals surface area contributed by atoms with Gasteiger partial charge in [-0.1, -0.05) is 54.6 Å². The minimum absolute atomic E-state index is 0.0734. The van der Waals surface area contributed by atoms with E-state index in [0.717, 1.165) is 24.3 Å². The molecule has 3 aromatic carbocycles. The molecule has 0 unspecified atom stereocenters. The third-order valence-electron chi connectivity index (χ3n) is 4.16. The summed E-state index contributed by atoms with van der Waals surface area (Å²) < 4.78 is 71.1. The van der Waals surface area contributed by atoms with Gasteiger partial charge in [-0.15, -0.1) is 0 Å². The summed E-state index contributed by atoms with van der Waals surface area (Å²) in [6, 6.07) is 16.7. The molecule has 0 spiro atoms. The molecule has 0 radical (unpaired) electrons. The van der Waals surface area contributed by atoms with E-state index in [0.29, 0.717) is 0 Å². The van der Waals surface area contributed by atoms with E-state index < -0.39 is 29.4 Å². The highest BCUT2D eigenvalue weighted by Gasteiger charge is 2.49. The van der Waals surface area contributed by atoms with Crippen molar-refractivity contribution in [1.29, 1.82) is 0 Å². The molecular weight excluding hydrogens is 379 g/mol. The molecule has 0 aliphatic heterocycles. The number of esters is 1. The average Bonchev–Trinajstić information content (AvgIpc) is 2.67. The van der Waals surface area contributed by atoms with Gasteiger partial charge in [0.1, 0.15) is 11.6 Å². The Morgan fingerprint density at radius 2 is 1.04 bits per heavy atom. The summed E-state index contributed by atoms with van der Waals surface area (Å²) in [6.45, 7) is 0. The molecule has 2 nitrogen and oxygen atoms in total. The van der Waals surface area contributed by atoms with Crippen LogP contribution in [0.2, 0.25) is 0 Å². The summed E-state index contributed by atoms with van der Waals surface area (Å²) in [4.78, 5) is 11.8. The van der Waals surface area contributed by atoms with Gasteiger partial charge >= 0.3 is 12.1 Å². The number of carbonyl (C=O) groups is 1. The normalized spacial score (nSPS) is 11.9. The highest BCUT2D eigenvalue weighted by molar-refractivity contribution is 5.77. The van der Waals surface area contributed by atoms with Crippen molar-refractivity contribution < 1.29 is 31.5 Å². The van der Waals surface area contributed by atoms with Crippen molar-refractivity contribution in [3.63, 3.8) is 0 Å². The van der Waals surface area contributed by atoms with E-state index in [4.69, 9.17) is 4.74 Å². The van der Waals surface area contributed by atoms with Gasteiger partial charge in [0.25, 0.3) is 0 Å². The number of alkyl halides is 3. The zero-order valence-corrected chi connectivity index (χ0v) is 14.2. The van der Waals surface area contributed by atoms with Crippen LogP contribution in [0.1, 0.15) is 16.7 Å². The molecule has 144 valence electrons. The number of hydrogen-bond donors (Lipinski definition) is 0. The number of hydrogen-bond acceptors (Lipinski definition) is 2. The Kier molecular flexibility index (Phi) is 5.18. The molecule has 3 aromatic rings. The van der Waals surface area contributed by atoms with Crippen LogP contribution < -0.4 is 0 Å². The lowest BCUT2D eigenvalue weighted by molar-refractivity contribution is -0.209. The van der Waals surface area contributed by atoms with Crippen molar-refractivity contribution in [1.82, 2.24) is 0 Å². The molecule has 0 aromatic heterocycles. The monoisotopic (exact) mass is 392 g/mol. The first-order valence-electron chi connectivity index (χ1n) is 8.11. The van der Waals surface area contributed by atoms with Gasteiger partial charge in [-0.05, 0) is 24.3 Å². The molecular formula is C21H13F5O2. The number of benzene rings is 3. The topological polar surface area (TPSA) is 26.3 Å². The molecule has 7 heteroatoms. The summed E-state index contributed by atoms with van der Waals surface area (Å²) in [5.41, 5.74) is -1.73. The van der Waals surface area contributed by atoms with E-state index in [2.05, 4.69) is 0 Å². The maximum absolute atomic E-state index is 13.4. The fraction of sp³-hybridized carbons (Fsp3) is 0.0952. The van der Waals surface area contributed by atoms with Crippen LogP contribution in [0.5, 0.6) is 0 Å². The molecule has 0 N–H and O–H groups in total. The fourth-order valence-electron chi connectivity index (χ4n) is 2.92. The highest BCUT2D eigenvalue weighted by Crippen LogP contribution is 2.42. The summed E-state index contributed by atoms with van der Waals surface area (Å²) in [5, 5.41) is 0. The van der Waals surface area contributed by atoms with E-state index >= 15 is 0 Å². The van der Waals surface area contributed by atoms with E-state index in [9.17, 15) is 26.7 Å². The number of rotatable bonds is 4. The molecule has 0 atom stereocenters. The van der Waals surface area contributed by atoms with Gasteiger partial charge in [-0.2, -0.15) is 13.2 Å². The zero-order valence-electron chi connectivity index (χ0n) is 14.2. The number of halogens is 5. The maximum atomic E-state index is 13.4. The van der Waals surface area contributed by atoms with Crippen LogP contribution in [0.3, 0.4) is 0 Å². The SMILES string of the molecule is O=C(OC(c1ccccc1)(c1ccc(F)cc1)c1ccc(F)cc1)C(F)(F)F. The Morgan fingerprint density at radius 3 is 1.43 bits per heavy atom. The number of carbonyl (C=O) groups excluding carboxylic acids is 1. The van der Waals surface area contributed by atoms with Gasteiger partial charge in [0.15, 0.2) is 5.60 Å². The van der Waals surface area contributed by atoms with Crippen LogP contribution in [-0.2, 0) is 15.1 Å².